The molecule has 2 atom stereocenters. The van der Waals surface area contributed by atoms with Gasteiger partial charge in [-0.2, -0.15) is 0 Å². The van der Waals surface area contributed by atoms with Crippen molar-refractivity contribution in [2.24, 2.45) is 0 Å². The molecular formula is C46H44O2SiZr. The fourth-order valence-electron chi connectivity index (χ4n) is 8.56. The summed E-state index contributed by atoms with van der Waals surface area (Å²) in [6, 6.07) is 36.1. The van der Waals surface area contributed by atoms with Gasteiger partial charge in [-0.1, -0.05) is 0 Å². The van der Waals surface area contributed by atoms with Crippen LogP contribution in [-0.2, 0) is 20.4 Å². The Labute approximate surface area is 304 Å². The number of allylic oxidation sites excluding steroid dienone is 2. The van der Waals surface area contributed by atoms with E-state index in [1.807, 2.05) is 0 Å². The van der Waals surface area contributed by atoms with Crippen molar-refractivity contribution in [3.8, 4) is 22.3 Å². The fourth-order valence-corrected chi connectivity index (χ4v) is 28.4. The molecule has 50 heavy (non-hydrogen) atoms. The number of hydrogen-bond donors (Lipinski definition) is 0. The summed E-state index contributed by atoms with van der Waals surface area (Å²) in [5, 5.41) is 0. The molecule has 4 heteroatoms. The predicted molar refractivity (Wildman–Crippen MR) is 208 cm³/mol. The van der Waals surface area contributed by atoms with Gasteiger partial charge in [0, 0.05) is 0 Å². The van der Waals surface area contributed by atoms with E-state index in [1.54, 1.807) is 0 Å². The number of hydrogen-bond acceptors (Lipinski definition) is 2. The molecule has 4 aromatic carbocycles. The molecule has 0 saturated carbocycles. The zero-order valence-corrected chi connectivity index (χ0v) is 33.8. The van der Waals surface area contributed by atoms with Crippen LogP contribution in [0.3, 0.4) is 0 Å². The number of rotatable bonds is 6. The summed E-state index contributed by atoms with van der Waals surface area (Å²) in [5.74, 6) is 3.98. The van der Waals surface area contributed by atoms with E-state index in [9.17, 15) is 0 Å². The monoisotopic (exact) mass is 746 g/mol. The normalized spacial score (nSPS) is 16.2. The van der Waals surface area contributed by atoms with E-state index in [-0.39, 0.29) is 0 Å². The van der Waals surface area contributed by atoms with E-state index >= 15 is 0 Å². The molecule has 248 valence electrons. The van der Waals surface area contributed by atoms with Crippen LogP contribution < -0.4 is 0 Å². The Bertz CT molecular complexity index is 2260. The van der Waals surface area contributed by atoms with Gasteiger partial charge >= 0.3 is 307 Å². The van der Waals surface area contributed by atoms with Crippen molar-refractivity contribution < 1.29 is 29.2 Å². The summed E-state index contributed by atoms with van der Waals surface area (Å²) in [5.41, 5.74) is 18.4. The predicted octanol–water partition coefficient (Wildman–Crippen LogP) is 12.8. The van der Waals surface area contributed by atoms with Gasteiger partial charge < -0.3 is 0 Å². The maximum atomic E-state index is 6.55. The van der Waals surface area contributed by atoms with Crippen molar-refractivity contribution in [1.82, 2.24) is 0 Å². The Hall–Kier alpha value is -3.98. The van der Waals surface area contributed by atoms with E-state index < -0.39 is 25.8 Å². The van der Waals surface area contributed by atoms with Gasteiger partial charge in [0.15, 0.2) is 0 Å². The fraction of sp³-hybridized carbons (Fsp3) is 0.217. The molecule has 2 aromatic heterocycles. The van der Waals surface area contributed by atoms with Crippen LogP contribution in [0.2, 0.25) is 13.1 Å². The Balaban J connectivity index is 1.41. The maximum absolute atomic E-state index is 6.55. The van der Waals surface area contributed by atoms with E-state index in [4.69, 9.17) is 8.83 Å². The molecule has 2 aliphatic rings. The van der Waals surface area contributed by atoms with Crippen molar-refractivity contribution >= 4 is 28.7 Å². The molecule has 8 rings (SSSR count). The molecule has 0 amide bonds. The molecule has 0 saturated heterocycles. The van der Waals surface area contributed by atoms with Crippen LogP contribution in [0.1, 0.15) is 74.8 Å². The van der Waals surface area contributed by atoms with Crippen LogP contribution in [0.5, 0.6) is 0 Å². The third kappa shape index (κ3) is 5.47. The molecule has 2 heterocycles. The van der Waals surface area contributed by atoms with Crippen molar-refractivity contribution in [2.75, 3.05) is 0 Å². The molecule has 0 radical (unpaired) electrons. The molecule has 0 bridgehead atoms. The summed E-state index contributed by atoms with van der Waals surface area (Å²) < 4.78 is 13.8. The van der Waals surface area contributed by atoms with Crippen LogP contribution in [0, 0.1) is 41.5 Å². The Morgan fingerprint density at radius 2 is 0.900 bits per heavy atom. The molecule has 2 unspecified atom stereocenters. The average molecular weight is 748 g/mol. The first-order valence-corrected chi connectivity index (χ1v) is 26.8. The molecule has 0 fully saturated rings. The molecular weight excluding hydrogens is 704 g/mol. The van der Waals surface area contributed by atoms with Crippen LogP contribution in [0.15, 0.2) is 106 Å². The second-order valence-electron chi connectivity index (χ2n) is 14.5. The number of benzene rings is 4. The van der Waals surface area contributed by atoms with Crippen molar-refractivity contribution in [1.29, 1.82) is 0 Å². The number of aryl methyl sites for hydroxylation is 6. The summed E-state index contributed by atoms with van der Waals surface area (Å²) in [4.78, 5) is 0. The number of fused-ring (bicyclic) bond motifs is 2. The Morgan fingerprint density at radius 3 is 1.26 bits per heavy atom. The van der Waals surface area contributed by atoms with Crippen molar-refractivity contribution in [3.05, 3.63) is 165 Å². The summed E-state index contributed by atoms with van der Waals surface area (Å²) >= 11 is -2.63. The number of furan rings is 2. The Kier molecular flexibility index (Phi) is 8.61. The molecule has 0 N–H and O–H groups in total. The third-order valence-electron chi connectivity index (χ3n) is 10.9. The van der Waals surface area contributed by atoms with Crippen LogP contribution in [0.25, 0.3) is 45.6 Å². The van der Waals surface area contributed by atoms with Gasteiger partial charge in [-0.3, -0.25) is 0 Å². The van der Waals surface area contributed by atoms with Gasteiger partial charge in [0.1, 0.15) is 0 Å². The zero-order valence-electron chi connectivity index (χ0n) is 30.4. The second-order valence-corrected chi connectivity index (χ2v) is 32.4. The van der Waals surface area contributed by atoms with E-state index in [1.165, 1.54) is 77.9 Å². The van der Waals surface area contributed by atoms with Crippen molar-refractivity contribution in [3.63, 3.8) is 0 Å². The molecule has 0 spiro atoms. The molecule has 6 aromatic rings. The quantitative estimate of drug-likeness (QED) is 0.159. The SMILES string of the molecule is Cc1ccc(C2=Cc3c(ccc(C)c3-c3ccccc3C)[CH]2[Zr]([CH]2C(c3ccc(C)o3)=Cc3c2ccc(C)c3-c2ccccc2C)=[Si](C)C)o1. The van der Waals surface area contributed by atoms with Gasteiger partial charge in [0.05, 0.1) is 0 Å². The molecule has 2 nitrogen and oxygen atoms in total. The summed E-state index contributed by atoms with van der Waals surface area (Å²) in [6.07, 6.45) is 5.03. The third-order valence-corrected chi connectivity index (χ3v) is 30.1. The van der Waals surface area contributed by atoms with Gasteiger partial charge in [0.25, 0.3) is 0 Å². The van der Waals surface area contributed by atoms with E-state index in [0.717, 1.165) is 23.0 Å². The first-order valence-electron chi connectivity index (χ1n) is 17.8. The van der Waals surface area contributed by atoms with Crippen LogP contribution in [-0.4, -0.2) is 5.43 Å². The first-order chi connectivity index (χ1) is 24.1. The summed E-state index contributed by atoms with van der Waals surface area (Å²) in [7, 11) is 0. The first kappa shape index (κ1) is 33.2. The van der Waals surface area contributed by atoms with E-state index in [0.29, 0.717) is 7.25 Å². The van der Waals surface area contributed by atoms with Gasteiger partial charge in [-0.05, 0) is 0 Å². The van der Waals surface area contributed by atoms with Crippen molar-refractivity contribution in [2.45, 2.75) is 61.9 Å². The minimum absolute atomic E-state index is 0.351. The van der Waals surface area contributed by atoms with E-state index in [2.05, 4.69) is 164 Å². The molecule has 2 aliphatic carbocycles. The second kappa shape index (κ2) is 13.0. The van der Waals surface area contributed by atoms with Crippen LogP contribution >= 0.6 is 0 Å². The molecule has 0 aliphatic heterocycles. The standard InChI is InChI=1S/2C22H19O.C2H6Si.Zr/c2*1-14-6-4-5-7-19(14)22-15(2)8-10-17-12-18(13-20(17)22)21-11-9-16(3)23-21;1-3-2;/h2*4-13H,1-3H3;1-2H3;. The topological polar surface area (TPSA) is 26.3 Å². The van der Waals surface area contributed by atoms with Gasteiger partial charge in [-0.25, -0.2) is 0 Å². The van der Waals surface area contributed by atoms with Gasteiger partial charge in [0.2, 0.25) is 0 Å². The van der Waals surface area contributed by atoms with Crippen LogP contribution in [0.4, 0.5) is 0 Å². The summed E-state index contributed by atoms with van der Waals surface area (Å²) in [6.45, 7) is 18.4. The van der Waals surface area contributed by atoms with Gasteiger partial charge in [-0.15, -0.1) is 0 Å². The Morgan fingerprint density at radius 1 is 0.480 bits per heavy atom. The zero-order chi connectivity index (χ0) is 34.8. The average Bonchev–Trinajstić information content (AvgIpc) is 3.88. The minimum atomic E-state index is -2.63.